The second kappa shape index (κ2) is 6.27. The van der Waals surface area contributed by atoms with E-state index in [-0.39, 0.29) is 11.9 Å². The third-order valence-corrected chi connectivity index (χ3v) is 4.07. The zero-order valence-corrected chi connectivity index (χ0v) is 12.8. The van der Waals surface area contributed by atoms with E-state index in [0.29, 0.717) is 13.0 Å². The van der Waals surface area contributed by atoms with Crippen LogP contribution in [-0.2, 0) is 4.79 Å². The van der Waals surface area contributed by atoms with Gasteiger partial charge in [0.05, 0.1) is 6.04 Å². The molecule has 1 aromatic rings. The Morgan fingerprint density at radius 1 is 1.45 bits per heavy atom. The predicted octanol–water partition coefficient (Wildman–Crippen LogP) is 2.19. The van der Waals surface area contributed by atoms with Crippen molar-refractivity contribution in [3.63, 3.8) is 0 Å². The summed E-state index contributed by atoms with van der Waals surface area (Å²) in [6.07, 6.45) is 0.529. The first-order valence-electron chi connectivity index (χ1n) is 7.23. The van der Waals surface area contributed by atoms with Gasteiger partial charge in [0.1, 0.15) is 12.4 Å². The highest BCUT2D eigenvalue weighted by Gasteiger charge is 2.27. The Kier molecular flexibility index (Phi) is 4.65. The van der Waals surface area contributed by atoms with Crippen molar-refractivity contribution < 1.29 is 9.53 Å². The number of rotatable bonds is 5. The Morgan fingerprint density at radius 3 is 2.90 bits per heavy atom. The minimum atomic E-state index is -0.0104. The van der Waals surface area contributed by atoms with E-state index < -0.39 is 0 Å². The van der Waals surface area contributed by atoms with Gasteiger partial charge in [0.15, 0.2) is 0 Å². The van der Waals surface area contributed by atoms with E-state index in [1.54, 1.807) is 0 Å². The number of nitrogens with zero attached hydrogens (tertiary/aromatic N) is 1. The van der Waals surface area contributed by atoms with Gasteiger partial charge in [0.2, 0.25) is 5.91 Å². The molecule has 0 aliphatic carbocycles. The third-order valence-electron chi connectivity index (χ3n) is 4.07. The van der Waals surface area contributed by atoms with Gasteiger partial charge in [-0.1, -0.05) is 19.1 Å². The molecular formula is C16H24N2O2. The molecule has 0 radical (unpaired) electrons. The molecule has 4 heteroatoms. The van der Waals surface area contributed by atoms with E-state index in [4.69, 9.17) is 4.74 Å². The molecule has 0 spiro atoms. The quantitative estimate of drug-likeness (QED) is 0.896. The van der Waals surface area contributed by atoms with Gasteiger partial charge < -0.3 is 15.0 Å². The standard InChI is InChI=1S/C16H24N2O2/c1-5-18(4)9-8-15(19)17-14-10-20-16-12(3)11(2)6-7-13(14)16/h6-7,14H,5,8-10H2,1-4H3,(H,17,19)/t14-/m1/s1. The first-order valence-corrected chi connectivity index (χ1v) is 7.23. The van der Waals surface area contributed by atoms with Crippen LogP contribution in [0.2, 0.25) is 0 Å². The zero-order valence-electron chi connectivity index (χ0n) is 12.8. The molecule has 0 bridgehead atoms. The SMILES string of the molecule is CCN(C)CCC(=O)N[C@@H]1COc2c1ccc(C)c2C. The molecule has 1 heterocycles. The number of ether oxygens (including phenoxy) is 1. The third kappa shape index (κ3) is 3.12. The molecule has 0 unspecified atom stereocenters. The van der Waals surface area contributed by atoms with Crippen molar-refractivity contribution in [3.8, 4) is 5.75 Å². The maximum absolute atomic E-state index is 12.0. The van der Waals surface area contributed by atoms with Crippen molar-refractivity contribution in [3.05, 3.63) is 28.8 Å². The molecule has 1 aliphatic rings. The van der Waals surface area contributed by atoms with Crippen LogP contribution in [0.15, 0.2) is 12.1 Å². The van der Waals surface area contributed by atoms with Crippen molar-refractivity contribution in [1.82, 2.24) is 10.2 Å². The molecule has 1 aromatic carbocycles. The lowest BCUT2D eigenvalue weighted by Crippen LogP contribution is -2.32. The second-order valence-electron chi connectivity index (χ2n) is 5.50. The van der Waals surface area contributed by atoms with E-state index in [0.717, 1.165) is 24.4 Å². The molecule has 1 atom stereocenters. The minimum Gasteiger partial charge on any atom is -0.490 e. The molecular weight excluding hydrogens is 252 g/mol. The summed E-state index contributed by atoms with van der Waals surface area (Å²) >= 11 is 0. The number of carbonyl (C=O) groups excluding carboxylic acids is 1. The van der Waals surface area contributed by atoms with Crippen molar-refractivity contribution >= 4 is 5.91 Å². The summed E-state index contributed by atoms with van der Waals surface area (Å²) in [7, 11) is 2.02. The van der Waals surface area contributed by atoms with Gasteiger partial charge in [-0.25, -0.2) is 0 Å². The van der Waals surface area contributed by atoms with Gasteiger partial charge in [0, 0.05) is 18.5 Å². The van der Waals surface area contributed by atoms with Crippen LogP contribution in [0.3, 0.4) is 0 Å². The second-order valence-corrected chi connectivity index (χ2v) is 5.50. The molecule has 110 valence electrons. The Morgan fingerprint density at radius 2 is 2.20 bits per heavy atom. The number of hydrogen-bond acceptors (Lipinski definition) is 3. The first kappa shape index (κ1) is 14.9. The molecule has 0 saturated heterocycles. The fraction of sp³-hybridized carbons (Fsp3) is 0.562. The van der Waals surface area contributed by atoms with Gasteiger partial charge in [-0.3, -0.25) is 4.79 Å². The molecule has 0 fully saturated rings. The molecule has 0 aromatic heterocycles. The van der Waals surface area contributed by atoms with Crippen LogP contribution in [0.1, 0.15) is 36.1 Å². The van der Waals surface area contributed by atoms with Crippen LogP contribution in [0, 0.1) is 13.8 Å². The van der Waals surface area contributed by atoms with E-state index in [9.17, 15) is 4.79 Å². The van der Waals surface area contributed by atoms with Gasteiger partial charge in [0.25, 0.3) is 0 Å². The van der Waals surface area contributed by atoms with E-state index in [2.05, 4.69) is 43.1 Å². The average Bonchev–Trinajstić information content (AvgIpc) is 2.84. The first-order chi connectivity index (χ1) is 9.52. The highest BCUT2D eigenvalue weighted by atomic mass is 16.5. The molecule has 1 aliphatic heterocycles. The van der Waals surface area contributed by atoms with Crippen molar-refractivity contribution in [2.45, 2.75) is 33.2 Å². The Bertz CT molecular complexity index is 499. The summed E-state index contributed by atoms with van der Waals surface area (Å²) in [4.78, 5) is 14.1. The number of fused-ring (bicyclic) bond motifs is 1. The Balaban J connectivity index is 1.97. The molecule has 1 amide bonds. The van der Waals surface area contributed by atoms with E-state index in [1.807, 2.05) is 7.05 Å². The maximum atomic E-state index is 12.0. The van der Waals surface area contributed by atoms with E-state index >= 15 is 0 Å². The Hall–Kier alpha value is -1.55. The average molecular weight is 276 g/mol. The number of amides is 1. The van der Waals surface area contributed by atoms with Crippen LogP contribution in [0.25, 0.3) is 0 Å². The zero-order chi connectivity index (χ0) is 14.7. The number of benzene rings is 1. The van der Waals surface area contributed by atoms with Crippen LogP contribution in [0.5, 0.6) is 5.75 Å². The maximum Gasteiger partial charge on any atom is 0.221 e. The molecule has 2 rings (SSSR count). The highest BCUT2D eigenvalue weighted by Crippen LogP contribution is 2.36. The van der Waals surface area contributed by atoms with Crippen LogP contribution in [0.4, 0.5) is 0 Å². The number of carbonyl (C=O) groups is 1. The fourth-order valence-electron chi connectivity index (χ4n) is 2.37. The summed E-state index contributed by atoms with van der Waals surface area (Å²) < 4.78 is 5.75. The normalized spacial score (nSPS) is 16.9. The highest BCUT2D eigenvalue weighted by molar-refractivity contribution is 5.77. The lowest BCUT2D eigenvalue weighted by molar-refractivity contribution is -0.122. The van der Waals surface area contributed by atoms with Crippen molar-refractivity contribution in [2.75, 3.05) is 26.7 Å². The topological polar surface area (TPSA) is 41.6 Å². The van der Waals surface area contributed by atoms with Crippen molar-refractivity contribution in [2.24, 2.45) is 0 Å². The minimum absolute atomic E-state index is 0.0104. The van der Waals surface area contributed by atoms with Gasteiger partial charge >= 0.3 is 0 Å². The predicted molar refractivity (Wildman–Crippen MR) is 80.1 cm³/mol. The molecule has 1 N–H and O–H groups in total. The smallest absolute Gasteiger partial charge is 0.221 e. The summed E-state index contributed by atoms with van der Waals surface area (Å²) in [5, 5.41) is 3.07. The fourth-order valence-corrected chi connectivity index (χ4v) is 2.37. The lowest BCUT2D eigenvalue weighted by Gasteiger charge is -2.15. The van der Waals surface area contributed by atoms with Crippen LogP contribution < -0.4 is 10.1 Å². The van der Waals surface area contributed by atoms with E-state index in [1.165, 1.54) is 11.1 Å². The molecule has 0 saturated carbocycles. The summed E-state index contributed by atoms with van der Waals surface area (Å²) in [5.41, 5.74) is 3.50. The molecule has 20 heavy (non-hydrogen) atoms. The van der Waals surface area contributed by atoms with Gasteiger partial charge in [-0.2, -0.15) is 0 Å². The lowest BCUT2D eigenvalue weighted by atomic mass is 10.0. The van der Waals surface area contributed by atoms with Gasteiger partial charge in [-0.05, 0) is 38.6 Å². The largest absolute Gasteiger partial charge is 0.490 e. The van der Waals surface area contributed by atoms with Crippen molar-refractivity contribution in [1.29, 1.82) is 0 Å². The summed E-state index contributed by atoms with van der Waals surface area (Å²) in [6.45, 7) is 8.51. The number of aryl methyl sites for hydroxylation is 1. The van der Waals surface area contributed by atoms with Gasteiger partial charge in [-0.15, -0.1) is 0 Å². The number of nitrogens with one attached hydrogen (secondary N) is 1. The van der Waals surface area contributed by atoms with Crippen LogP contribution >= 0.6 is 0 Å². The van der Waals surface area contributed by atoms with Crippen LogP contribution in [-0.4, -0.2) is 37.6 Å². The number of hydrogen-bond donors (Lipinski definition) is 1. The summed E-state index contributed by atoms with van der Waals surface area (Å²) in [6, 6.07) is 4.14. The Labute approximate surface area is 121 Å². The molecule has 4 nitrogen and oxygen atoms in total. The summed E-state index contributed by atoms with van der Waals surface area (Å²) in [5.74, 6) is 1.03. The monoisotopic (exact) mass is 276 g/mol.